The number of hydrogen-bond donors (Lipinski definition) is 2. The lowest BCUT2D eigenvalue weighted by molar-refractivity contribution is -0.116. The highest BCUT2D eigenvalue weighted by molar-refractivity contribution is 7.10. The second-order valence-electron chi connectivity index (χ2n) is 11.9. The molecule has 0 saturated heterocycles. The summed E-state index contributed by atoms with van der Waals surface area (Å²) in [4.78, 5) is 34.7. The average Bonchev–Trinajstić information content (AvgIpc) is 3.60. The highest BCUT2D eigenvalue weighted by Crippen LogP contribution is 2.36. The molecule has 0 atom stereocenters. The van der Waals surface area contributed by atoms with Crippen LogP contribution < -0.4 is 20.1 Å². The summed E-state index contributed by atoms with van der Waals surface area (Å²) in [5.74, 6) is 1.08. The van der Waals surface area contributed by atoms with Gasteiger partial charge in [0, 0.05) is 46.9 Å². The van der Waals surface area contributed by atoms with Gasteiger partial charge in [0.05, 0.1) is 12.2 Å². The van der Waals surface area contributed by atoms with Crippen LogP contribution in [0.25, 0.3) is 28.1 Å². The number of carbonyl (C=O) groups excluding carboxylic acids is 2. The molecular formula is C41H38N4O4S. The van der Waals surface area contributed by atoms with Gasteiger partial charge in [-0.2, -0.15) is 0 Å². The molecule has 3 heterocycles. The summed E-state index contributed by atoms with van der Waals surface area (Å²) in [6.07, 6.45) is 5.00. The fraction of sp³-hybridized carbons (Fsp3) is 0.171. The summed E-state index contributed by atoms with van der Waals surface area (Å²) in [6.45, 7) is 7.29. The van der Waals surface area contributed by atoms with Crippen molar-refractivity contribution in [1.82, 2.24) is 20.6 Å². The fourth-order valence-corrected chi connectivity index (χ4v) is 6.57. The van der Waals surface area contributed by atoms with E-state index in [0.29, 0.717) is 31.1 Å². The second-order valence-corrected chi connectivity index (χ2v) is 12.9. The van der Waals surface area contributed by atoms with Crippen molar-refractivity contribution in [1.29, 1.82) is 0 Å². The summed E-state index contributed by atoms with van der Waals surface area (Å²) < 4.78 is 12.7. The molecule has 50 heavy (non-hydrogen) atoms. The molecule has 3 aromatic heterocycles. The molecule has 3 aromatic carbocycles. The number of rotatable bonds is 12. The Bertz CT molecular complexity index is 2180. The van der Waals surface area contributed by atoms with Gasteiger partial charge in [0.1, 0.15) is 30.2 Å². The van der Waals surface area contributed by atoms with Crippen LogP contribution in [0.1, 0.15) is 48.9 Å². The number of hydrogen-bond acceptors (Lipinski definition) is 7. The number of carbonyl (C=O) groups is 2. The van der Waals surface area contributed by atoms with Crippen LogP contribution in [0.5, 0.6) is 11.5 Å². The number of nitrogens with zero attached hydrogens (tertiary/aromatic N) is 2. The molecule has 2 amide bonds. The van der Waals surface area contributed by atoms with Gasteiger partial charge in [-0.25, -0.2) is 4.98 Å². The molecule has 6 rings (SSSR count). The van der Waals surface area contributed by atoms with Crippen molar-refractivity contribution in [2.75, 3.05) is 7.05 Å². The van der Waals surface area contributed by atoms with E-state index in [1.165, 1.54) is 6.08 Å². The smallest absolute Gasteiger partial charge is 0.251 e. The Morgan fingerprint density at radius 3 is 2.46 bits per heavy atom. The van der Waals surface area contributed by atoms with E-state index in [1.54, 1.807) is 42.8 Å². The number of aryl methyl sites for hydroxylation is 2. The Morgan fingerprint density at radius 2 is 1.68 bits per heavy atom. The van der Waals surface area contributed by atoms with Crippen LogP contribution in [0.3, 0.4) is 0 Å². The maximum absolute atomic E-state index is 12.7. The minimum Gasteiger partial charge on any atom is -0.487 e. The zero-order valence-corrected chi connectivity index (χ0v) is 29.3. The van der Waals surface area contributed by atoms with Gasteiger partial charge in [0.2, 0.25) is 5.91 Å². The third-order valence-electron chi connectivity index (χ3n) is 8.48. The SMILES string of the molecule is CNC(=O)c1ccc(/C=C/C(=O)NCc2sccc2-c2ccc(C)c(COc3cccc4c(OCc5ccccn5)cc(C)nc34)c2C)cc1. The van der Waals surface area contributed by atoms with Crippen LogP contribution in [0, 0.1) is 20.8 Å². The van der Waals surface area contributed by atoms with E-state index in [0.717, 1.165) is 66.3 Å². The normalized spacial score (nSPS) is 11.1. The van der Waals surface area contributed by atoms with Crippen molar-refractivity contribution in [3.63, 3.8) is 0 Å². The van der Waals surface area contributed by atoms with E-state index in [1.807, 2.05) is 66.9 Å². The number of amides is 2. The number of pyridine rings is 2. The number of thiophene rings is 1. The van der Waals surface area contributed by atoms with Gasteiger partial charge in [-0.1, -0.05) is 36.4 Å². The lowest BCUT2D eigenvalue weighted by Gasteiger charge is -2.17. The maximum atomic E-state index is 12.7. The van der Waals surface area contributed by atoms with E-state index >= 15 is 0 Å². The van der Waals surface area contributed by atoms with Crippen LogP contribution in [0.15, 0.2) is 103 Å². The van der Waals surface area contributed by atoms with E-state index in [4.69, 9.17) is 14.5 Å². The minimum atomic E-state index is -0.196. The Balaban J connectivity index is 1.15. The van der Waals surface area contributed by atoms with Gasteiger partial charge in [-0.05, 0) is 108 Å². The Morgan fingerprint density at radius 1 is 0.860 bits per heavy atom. The van der Waals surface area contributed by atoms with Gasteiger partial charge in [-0.15, -0.1) is 11.3 Å². The molecule has 0 radical (unpaired) electrons. The van der Waals surface area contributed by atoms with Gasteiger partial charge in [-0.3, -0.25) is 14.6 Å². The lowest BCUT2D eigenvalue weighted by Crippen LogP contribution is -2.20. The first-order valence-corrected chi connectivity index (χ1v) is 17.2. The Labute approximate surface area is 295 Å². The first-order chi connectivity index (χ1) is 24.3. The number of fused-ring (bicyclic) bond motifs is 1. The third kappa shape index (κ3) is 7.90. The number of para-hydroxylation sites is 1. The van der Waals surface area contributed by atoms with Crippen molar-refractivity contribution >= 4 is 40.1 Å². The fourth-order valence-electron chi connectivity index (χ4n) is 5.75. The van der Waals surface area contributed by atoms with Crippen molar-refractivity contribution in [3.05, 3.63) is 147 Å². The number of benzene rings is 3. The predicted molar refractivity (Wildman–Crippen MR) is 199 cm³/mol. The molecular weight excluding hydrogens is 645 g/mol. The topological polar surface area (TPSA) is 102 Å². The summed E-state index contributed by atoms with van der Waals surface area (Å²) >= 11 is 1.61. The summed E-state index contributed by atoms with van der Waals surface area (Å²) in [6, 6.07) is 27.1. The predicted octanol–water partition coefficient (Wildman–Crippen LogP) is 8.13. The van der Waals surface area contributed by atoms with E-state index in [2.05, 4.69) is 47.7 Å². The number of aromatic nitrogens is 2. The van der Waals surface area contributed by atoms with Crippen molar-refractivity contribution in [2.45, 2.75) is 40.5 Å². The molecule has 6 aromatic rings. The minimum absolute atomic E-state index is 0.150. The molecule has 0 aliphatic carbocycles. The van der Waals surface area contributed by atoms with Crippen LogP contribution in [-0.4, -0.2) is 28.8 Å². The molecule has 0 aliphatic rings. The zero-order chi connectivity index (χ0) is 35.0. The summed E-state index contributed by atoms with van der Waals surface area (Å²) in [5, 5.41) is 8.55. The first-order valence-electron chi connectivity index (χ1n) is 16.3. The number of ether oxygens (including phenoxy) is 2. The first kappa shape index (κ1) is 34.1. The van der Waals surface area contributed by atoms with Gasteiger partial charge < -0.3 is 20.1 Å². The summed E-state index contributed by atoms with van der Waals surface area (Å²) in [7, 11) is 1.59. The molecule has 8 nitrogen and oxygen atoms in total. The molecule has 0 saturated carbocycles. The Hall–Kier alpha value is -5.80. The average molecular weight is 683 g/mol. The zero-order valence-electron chi connectivity index (χ0n) is 28.4. The monoisotopic (exact) mass is 682 g/mol. The number of nitrogens with one attached hydrogen (secondary N) is 2. The standard InChI is InChI=1S/C41H38N4O4S/c1-26-11-17-32(33-19-21-50-38(33)23-44-39(46)18-14-29-12-15-30(16-13-29)41(47)42-4)28(3)35(26)25-49-36-10-7-9-34-37(22-27(2)45-40(34)36)48-24-31-8-5-6-20-43-31/h5-22H,23-25H2,1-4H3,(H,42,47)(H,44,46)/b18-14+. The molecule has 9 heteroatoms. The van der Waals surface area contributed by atoms with Crippen LogP contribution in [0.4, 0.5) is 0 Å². The quantitative estimate of drug-likeness (QED) is 0.126. The Kier molecular flexibility index (Phi) is 10.6. The molecule has 0 unspecified atom stereocenters. The summed E-state index contributed by atoms with van der Waals surface area (Å²) in [5.41, 5.74) is 9.38. The van der Waals surface area contributed by atoms with Gasteiger partial charge in [0.25, 0.3) is 5.91 Å². The largest absolute Gasteiger partial charge is 0.487 e. The maximum Gasteiger partial charge on any atom is 0.251 e. The molecule has 0 fully saturated rings. The van der Waals surface area contributed by atoms with E-state index in [-0.39, 0.29) is 11.8 Å². The van der Waals surface area contributed by atoms with E-state index in [9.17, 15) is 9.59 Å². The molecule has 252 valence electrons. The molecule has 0 aliphatic heterocycles. The third-order valence-corrected chi connectivity index (χ3v) is 9.41. The van der Waals surface area contributed by atoms with Gasteiger partial charge >= 0.3 is 0 Å². The lowest BCUT2D eigenvalue weighted by atomic mass is 9.94. The van der Waals surface area contributed by atoms with E-state index < -0.39 is 0 Å². The highest BCUT2D eigenvalue weighted by Gasteiger charge is 2.16. The highest BCUT2D eigenvalue weighted by atomic mass is 32.1. The molecule has 2 N–H and O–H groups in total. The van der Waals surface area contributed by atoms with Crippen molar-refractivity contribution in [3.8, 4) is 22.6 Å². The second kappa shape index (κ2) is 15.6. The van der Waals surface area contributed by atoms with Crippen LogP contribution in [-0.2, 0) is 24.6 Å². The van der Waals surface area contributed by atoms with Gasteiger partial charge in [0.15, 0.2) is 0 Å². The molecule has 0 bridgehead atoms. The molecule has 0 spiro atoms. The van der Waals surface area contributed by atoms with Crippen LogP contribution >= 0.6 is 11.3 Å². The van der Waals surface area contributed by atoms with Crippen molar-refractivity contribution in [2.24, 2.45) is 0 Å². The van der Waals surface area contributed by atoms with Crippen LogP contribution in [0.2, 0.25) is 0 Å². The van der Waals surface area contributed by atoms with Crippen molar-refractivity contribution < 1.29 is 19.1 Å².